The largest absolute Gasteiger partial charge is 0.475 e. The Hall–Kier alpha value is -4.42. The first-order valence-corrected chi connectivity index (χ1v) is 19.7. The number of hydrogen-bond donors (Lipinski definition) is 7. The van der Waals surface area contributed by atoms with Gasteiger partial charge in [0.05, 0.1) is 45.2 Å². The van der Waals surface area contributed by atoms with E-state index in [1.165, 1.54) is 11.8 Å². The molecular weight excluding hydrogens is 765 g/mol. The smallest absolute Gasteiger partial charge is 0.453 e. The summed E-state index contributed by atoms with van der Waals surface area (Å²) < 4.78 is 18.1. The lowest BCUT2D eigenvalue weighted by Gasteiger charge is -2.51. The summed E-state index contributed by atoms with van der Waals surface area (Å²) in [6.45, 7) is 6.86. The molecule has 0 radical (unpaired) electrons. The maximum atomic E-state index is 13.3. The predicted molar refractivity (Wildman–Crippen MR) is 201 cm³/mol. The third kappa shape index (κ3) is 10.8. The summed E-state index contributed by atoms with van der Waals surface area (Å²) >= 11 is 0. The Morgan fingerprint density at radius 3 is 2.22 bits per heavy atom. The van der Waals surface area contributed by atoms with Gasteiger partial charge in [-0.1, -0.05) is 20.8 Å². The topological polar surface area (TPSA) is 278 Å². The molecule has 58 heavy (non-hydrogen) atoms. The van der Waals surface area contributed by atoms with Crippen LogP contribution >= 0.6 is 0 Å². The monoisotopic (exact) mass is 821 g/mol. The molecule has 0 aromatic heterocycles. The molecule has 2 bridgehead atoms. The van der Waals surface area contributed by atoms with Crippen LogP contribution < -0.4 is 26.6 Å². The molecule has 0 aromatic rings. The molecule has 5 amide bonds. The van der Waals surface area contributed by atoms with Crippen LogP contribution in [0.4, 0.5) is 0 Å². The molecule has 23 heteroatoms. The van der Waals surface area contributed by atoms with Gasteiger partial charge in [-0.15, -0.1) is 0 Å². The van der Waals surface area contributed by atoms with E-state index in [4.69, 9.17) is 14.2 Å². The van der Waals surface area contributed by atoms with Crippen molar-refractivity contribution in [3.63, 3.8) is 0 Å². The SMILES string of the molecule is CCN1CC(=O)OC2C3(CNCC(=O)O3)CN(CC(=O)NCC(=O)NCC(=O)N[C@H](C(=O)N[C@H](C)C(=O)N3CCC[C@H]3B(O)O)C(C)C)CCN3CC(=O)OC2(C1)C3. The van der Waals surface area contributed by atoms with Crippen LogP contribution in [0, 0.1) is 5.92 Å². The van der Waals surface area contributed by atoms with E-state index in [-0.39, 0.29) is 58.9 Å². The van der Waals surface area contributed by atoms with Gasteiger partial charge in [0.25, 0.3) is 0 Å². The average molecular weight is 822 g/mol. The number of amides is 5. The van der Waals surface area contributed by atoms with Crippen molar-refractivity contribution in [2.45, 2.75) is 75.9 Å². The molecule has 2 spiro atoms. The fourth-order valence-electron chi connectivity index (χ4n) is 8.37. The van der Waals surface area contributed by atoms with Gasteiger partial charge < -0.3 is 55.7 Å². The Balaban J connectivity index is 1.16. The van der Waals surface area contributed by atoms with E-state index in [1.807, 2.05) is 16.7 Å². The van der Waals surface area contributed by atoms with Crippen LogP contribution in [0.5, 0.6) is 0 Å². The van der Waals surface area contributed by atoms with Gasteiger partial charge in [-0.2, -0.15) is 0 Å². The molecule has 322 valence electrons. The minimum Gasteiger partial charge on any atom is -0.453 e. The minimum atomic E-state index is -1.71. The summed E-state index contributed by atoms with van der Waals surface area (Å²) in [5, 5.41) is 32.3. The van der Waals surface area contributed by atoms with E-state index in [2.05, 4.69) is 26.6 Å². The molecule has 0 aromatic carbocycles. The van der Waals surface area contributed by atoms with Gasteiger partial charge in [-0.05, 0) is 32.2 Å². The standard InChI is InChI=1S/C35H56BN9O13/c1-5-42-15-28(50)56-33-34(17-37-13-27(49)57-34)18-43(9-10-44-16-29(51)58-35(33,19-42)20-44)14-26(48)39-11-24(46)38-12-25(47)41-30(21(2)3)31(52)40-22(4)32(53)45-8-6-7-23(45)36(54)55/h21-23,30,33,37,54-55H,5-20H2,1-4H3,(H,38,46)(H,39,48)(H,40,52)(H,41,47)/t22-,23+,30+,33?,34?,35?/m1/s1. The van der Waals surface area contributed by atoms with Gasteiger partial charge in [0.2, 0.25) is 29.5 Å². The van der Waals surface area contributed by atoms with Crippen LogP contribution in [0.1, 0.15) is 40.5 Å². The Labute approximate surface area is 336 Å². The van der Waals surface area contributed by atoms with E-state index < -0.39 is 109 Å². The molecule has 5 saturated heterocycles. The number of fused-ring (bicyclic) bond motifs is 2. The van der Waals surface area contributed by atoms with Crippen LogP contribution in [0.3, 0.4) is 0 Å². The van der Waals surface area contributed by atoms with Crippen molar-refractivity contribution in [1.82, 2.24) is 46.2 Å². The number of nitrogens with zero attached hydrogens (tertiary/aromatic N) is 4. The normalized spacial score (nSPS) is 28.9. The van der Waals surface area contributed by atoms with E-state index in [0.29, 0.717) is 32.5 Å². The summed E-state index contributed by atoms with van der Waals surface area (Å²) in [6, 6.07) is -2.08. The number of nitrogens with one attached hydrogen (secondary N) is 5. The number of rotatable bonds is 13. The molecule has 0 saturated carbocycles. The van der Waals surface area contributed by atoms with Gasteiger partial charge in [0, 0.05) is 45.8 Å². The van der Waals surface area contributed by atoms with Crippen molar-refractivity contribution in [2.75, 3.05) is 91.6 Å². The summed E-state index contributed by atoms with van der Waals surface area (Å²) in [7, 11) is -1.71. The highest BCUT2D eigenvalue weighted by Crippen LogP contribution is 2.38. The lowest BCUT2D eigenvalue weighted by Crippen LogP contribution is -2.74. The van der Waals surface area contributed by atoms with Crippen LogP contribution in [-0.4, -0.2) is 211 Å². The summed E-state index contributed by atoms with van der Waals surface area (Å²) in [4.78, 5) is 111. The first-order chi connectivity index (χ1) is 27.4. The quantitative estimate of drug-likeness (QED) is 0.0517. The molecule has 5 rings (SSSR count). The molecule has 0 aliphatic carbocycles. The Kier molecular flexibility index (Phi) is 14.7. The zero-order valence-corrected chi connectivity index (χ0v) is 33.5. The molecule has 5 heterocycles. The highest BCUT2D eigenvalue weighted by molar-refractivity contribution is 6.43. The van der Waals surface area contributed by atoms with Crippen molar-refractivity contribution in [3.8, 4) is 0 Å². The number of hydrogen-bond acceptors (Lipinski definition) is 17. The van der Waals surface area contributed by atoms with Gasteiger partial charge >= 0.3 is 25.0 Å². The van der Waals surface area contributed by atoms with E-state index in [0.717, 1.165) is 0 Å². The number of carbonyl (C=O) groups excluding carboxylic acids is 8. The average Bonchev–Trinajstić information content (AvgIpc) is 3.61. The minimum absolute atomic E-state index is 0.0366. The Morgan fingerprint density at radius 2 is 1.53 bits per heavy atom. The summed E-state index contributed by atoms with van der Waals surface area (Å²) in [6.07, 6.45) is -0.217. The second-order valence-corrected chi connectivity index (χ2v) is 16.0. The molecule has 5 aliphatic heterocycles. The van der Waals surface area contributed by atoms with Crippen molar-refractivity contribution >= 4 is 54.6 Å². The van der Waals surface area contributed by atoms with Crippen molar-refractivity contribution in [2.24, 2.45) is 5.92 Å². The summed E-state index contributed by atoms with van der Waals surface area (Å²) in [5.74, 6) is -6.01. The second-order valence-electron chi connectivity index (χ2n) is 16.0. The zero-order valence-electron chi connectivity index (χ0n) is 33.5. The maximum absolute atomic E-state index is 13.3. The highest BCUT2D eigenvalue weighted by atomic mass is 16.6. The first-order valence-electron chi connectivity index (χ1n) is 19.7. The number of likely N-dealkylation sites (N-methyl/N-ethyl adjacent to an activating group) is 1. The van der Waals surface area contributed by atoms with Crippen molar-refractivity contribution in [3.05, 3.63) is 0 Å². The number of morpholine rings is 2. The molecule has 7 atom stereocenters. The van der Waals surface area contributed by atoms with E-state index >= 15 is 0 Å². The summed E-state index contributed by atoms with van der Waals surface area (Å²) in [5.41, 5.74) is -2.93. The lowest BCUT2D eigenvalue weighted by molar-refractivity contribution is -0.237. The van der Waals surface area contributed by atoms with Crippen LogP contribution in [0.15, 0.2) is 0 Å². The maximum Gasteiger partial charge on any atom is 0.475 e. The fourth-order valence-corrected chi connectivity index (χ4v) is 8.37. The molecule has 7 N–H and O–H groups in total. The van der Waals surface area contributed by atoms with Crippen LogP contribution in [-0.2, 0) is 52.6 Å². The van der Waals surface area contributed by atoms with Gasteiger partial charge in [-0.25, -0.2) is 0 Å². The zero-order chi connectivity index (χ0) is 42.4. The number of likely N-dealkylation sites (tertiary alicyclic amines) is 1. The second kappa shape index (κ2) is 19.1. The molecule has 4 unspecified atom stereocenters. The third-order valence-corrected chi connectivity index (χ3v) is 11.1. The van der Waals surface area contributed by atoms with E-state index in [9.17, 15) is 48.4 Å². The lowest BCUT2D eigenvalue weighted by atomic mass is 9.78. The van der Waals surface area contributed by atoms with Crippen LogP contribution in [0.2, 0.25) is 0 Å². The first kappa shape index (κ1) is 44.7. The van der Waals surface area contributed by atoms with Crippen LogP contribution in [0.25, 0.3) is 0 Å². The Bertz CT molecular complexity index is 1610. The number of esters is 3. The Morgan fingerprint density at radius 1 is 0.845 bits per heavy atom. The van der Waals surface area contributed by atoms with Crippen molar-refractivity contribution < 1.29 is 62.6 Å². The third-order valence-electron chi connectivity index (χ3n) is 11.1. The van der Waals surface area contributed by atoms with Crippen molar-refractivity contribution in [1.29, 1.82) is 0 Å². The predicted octanol–water partition coefficient (Wildman–Crippen LogP) is -6.09. The van der Waals surface area contributed by atoms with E-state index in [1.54, 1.807) is 18.7 Å². The van der Waals surface area contributed by atoms with Gasteiger partial charge in [-0.3, -0.25) is 53.1 Å². The van der Waals surface area contributed by atoms with Gasteiger partial charge in [0.15, 0.2) is 17.3 Å². The highest BCUT2D eigenvalue weighted by Gasteiger charge is 2.63. The van der Waals surface area contributed by atoms with Gasteiger partial charge in [0.1, 0.15) is 12.1 Å². The molecular formula is C35H56BN9O13. The molecule has 22 nitrogen and oxygen atoms in total. The number of ether oxygens (including phenoxy) is 3. The molecule has 5 aliphatic rings. The number of carbonyl (C=O) groups is 8. The fraction of sp³-hybridized carbons (Fsp3) is 0.771. The molecule has 5 fully saturated rings.